The van der Waals surface area contributed by atoms with Crippen LogP contribution >= 0.6 is 0 Å². The molecule has 4 rings (SSSR count). The van der Waals surface area contributed by atoms with Gasteiger partial charge in [0.25, 0.3) is 0 Å². The van der Waals surface area contributed by atoms with Crippen molar-refractivity contribution < 1.29 is 9.53 Å². The third kappa shape index (κ3) is 3.57. The Kier molecular flexibility index (Phi) is 4.99. The number of imidazole rings is 1. The van der Waals surface area contributed by atoms with Gasteiger partial charge in [0.1, 0.15) is 0 Å². The van der Waals surface area contributed by atoms with Crippen LogP contribution in [0.4, 0.5) is 0 Å². The number of nitriles is 1. The summed E-state index contributed by atoms with van der Waals surface area (Å²) in [4.78, 5) is 17.3. The second kappa shape index (κ2) is 7.47. The van der Waals surface area contributed by atoms with Crippen molar-refractivity contribution in [3.05, 3.63) is 59.0 Å². The van der Waals surface area contributed by atoms with Crippen molar-refractivity contribution in [2.24, 2.45) is 11.1 Å². The van der Waals surface area contributed by atoms with E-state index >= 15 is 0 Å². The highest BCUT2D eigenvalue weighted by molar-refractivity contribution is 6.00. The van der Waals surface area contributed by atoms with Gasteiger partial charge in [-0.25, -0.2) is 4.98 Å². The molecular weight excluding hydrogens is 366 g/mol. The van der Waals surface area contributed by atoms with Crippen LogP contribution in [0.25, 0.3) is 5.52 Å². The number of nitrogens with one attached hydrogen (secondary N) is 1. The first-order valence-electron chi connectivity index (χ1n) is 9.79. The highest BCUT2D eigenvalue weighted by Gasteiger charge is 2.41. The Morgan fingerprint density at radius 3 is 3.00 bits per heavy atom. The van der Waals surface area contributed by atoms with Crippen molar-refractivity contribution in [1.82, 2.24) is 14.7 Å². The zero-order valence-electron chi connectivity index (χ0n) is 16.7. The van der Waals surface area contributed by atoms with Gasteiger partial charge in [-0.15, -0.1) is 0 Å². The van der Waals surface area contributed by atoms with Crippen molar-refractivity contribution >= 4 is 11.3 Å². The number of nitrogens with two attached hydrogens (primary N) is 1. The summed E-state index contributed by atoms with van der Waals surface area (Å²) in [6.07, 6.45) is 6.66. The van der Waals surface area contributed by atoms with E-state index in [1.807, 2.05) is 22.7 Å². The Labute approximate surface area is 169 Å². The lowest BCUT2D eigenvalue weighted by Gasteiger charge is -2.39. The lowest BCUT2D eigenvalue weighted by atomic mass is 9.69. The molecule has 0 aromatic carbocycles. The molecule has 3 N–H and O–H groups in total. The Morgan fingerprint density at radius 1 is 1.41 bits per heavy atom. The van der Waals surface area contributed by atoms with E-state index in [0.29, 0.717) is 36.4 Å². The maximum absolute atomic E-state index is 13.2. The van der Waals surface area contributed by atoms with Crippen LogP contribution in [0, 0.1) is 16.7 Å². The number of nitrogens with zero attached hydrogens (tertiary/aromatic N) is 3. The Hall–Kier alpha value is -2.95. The quantitative estimate of drug-likeness (QED) is 0.759. The lowest BCUT2D eigenvalue weighted by molar-refractivity contribution is -0.118. The van der Waals surface area contributed by atoms with Crippen LogP contribution in [0.2, 0.25) is 0 Å². The normalized spacial score (nSPS) is 21.2. The molecule has 0 radical (unpaired) electrons. The molecule has 2 aromatic rings. The molecule has 0 fully saturated rings. The number of carbonyl (C=O) groups is 1. The van der Waals surface area contributed by atoms with E-state index in [-0.39, 0.29) is 17.8 Å². The van der Waals surface area contributed by atoms with Crippen LogP contribution in [0.3, 0.4) is 0 Å². The molecule has 1 aliphatic heterocycles. The zero-order valence-corrected chi connectivity index (χ0v) is 16.7. The summed E-state index contributed by atoms with van der Waals surface area (Å²) >= 11 is 0. The van der Waals surface area contributed by atoms with E-state index in [4.69, 9.17) is 10.5 Å². The third-order valence-electron chi connectivity index (χ3n) is 5.52. The van der Waals surface area contributed by atoms with Crippen LogP contribution in [0.5, 0.6) is 0 Å². The van der Waals surface area contributed by atoms with E-state index in [1.54, 1.807) is 12.5 Å². The van der Waals surface area contributed by atoms with Gasteiger partial charge in [0.05, 0.1) is 54.5 Å². The van der Waals surface area contributed by atoms with E-state index < -0.39 is 5.92 Å². The Balaban J connectivity index is 1.85. The smallest absolute Gasteiger partial charge is 0.162 e. The van der Waals surface area contributed by atoms with Crippen molar-refractivity contribution in [3.63, 3.8) is 0 Å². The molecule has 7 heteroatoms. The summed E-state index contributed by atoms with van der Waals surface area (Å²) in [5.41, 5.74) is 10.1. The fraction of sp³-hybridized carbons (Fsp3) is 0.409. The zero-order chi connectivity index (χ0) is 20.6. The van der Waals surface area contributed by atoms with E-state index in [9.17, 15) is 10.1 Å². The topological polar surface area (TPSA) is 105 Å². The average Bonchev–Trinajstić information content (AvgIpc) is 3.14. The number of rotatable bonds is 5. The SMILES string of the molecule is CC1(C)CC(=O)C2=C(C1)NC(COCCN)=C(C#N)C2c1ccc2cncn2c1. The van der Waals surface area contributed by atoms with Crippen LogP contribution < -0.4 is 11.1 Å². The van der Waals surface area contributed by atoms with Gasteiger partial charge in [0.2, 0.25) is 0 Å². The van der Waals surface area contributed by atoms with Crippen molar-refractivity contribution in [2.75, 3.05) is 19.8 Å². The van der Waals surface area contributed by atoms with Gasteiger partial charge >= 0.3 is 0 Å². The van der Waals surface area contributed by atoms with Gasteiger partial charge in [-0.1, -0.05) is 19.9 Å². The number of ketones is 1. The van der Waals surface area contributed by atoms with Gasteiger partial charge in [-0.05, 0) is 23.5 Å². The van der Waals surface area contributed by atoms with E-state index in [1.165, 1.54) is 0 Å². The molecule has 7 nitrogen and oxygen atoms in total. The minimum absolute atomic E-state index is 0.0918. The third-order valence-corrected chi connectivity index (χ3v) is 5.52. The second-order valence-electron chi connectivity index (χ2n) is 8.42. The molecule has 0 saturated carbocycles. The standard InChI is InChI=1S/C22H25N5O2/c1-22(2)7-17-21(19(28)8-22)20(14-3-4-15-10-25-13-27(15)11-14)16(9-24)18(26-17)12-29-6-5-23/h3-4,10-11,13,20,26H,5-8,12,23H2,1-2H3. The highest BCUT2D eigenvalue weighted by Crippen LogP contribution is 2.46. The van der Waals surface area contributed by atoms with Gasteiger partial charge in [0.15, 0.2) is 5.78 Å². The fourth-order valence-corrected chi connectivity index (χ4v) is 4.29. The highest BCUT2D eigenvalue weighted by atomic mass is 16.5. The molecule has 29 heavy (non-hydrogen) atoms. The molecule has 150 valence electrons. The summed E-state index contributed by atoms with van der Waals surface area (Å²) in [5, 5.41) is 13.4. The lowest BCUT2D eigenvalue weighted by Crippen LogP contribution is -2.38. The first-order valence-corrected chi connectivity index (χ1v) is 9.79. The molecule has 2 aliphatic rings. The molecule has 1 aliphatic carbocycles. The Morgan fingerprint density at radius 2 is 2.24 bits per heavy atom. The molecule has 0 saturated heterocycles. The molecule has 0 bridgehead atoms. The monoisotopic (exact) mass is 391 g/mol. The van der Waals surface area contributed by atoms with Crippen LogP contribution in [0.15, 0.2) is 53.4 Å². The molecule has 3 heterocycles. The number of ether oxygens (including phenoxy) is 1. The molecular formula is C22H25N5O2. The van der Waals surface area contributed by atoms with Gasteiger partial charge < -0.3 is 20.2 Å². The summed E-state index contributed by atoms with van der Waals surface area (Å²) < 4.78 is 7.55. The largest absolute Gasteiger partial charge is 0.374 e. The van der Waals surface area contributed by atoms with Crippen molar-refractivity contribution in [2.45, 2.75) is 32.6 Å². The van der Waals surface area contributed by atoms with Crippen molar-refractivity contribution in [1.29, 1.82) is 5.26 Å². The first kappa shape index (κ1) is 19.4. The minimum Gasteiger partial charge on any atom is -0.374 e. The number of allylic oxidation sites excluding steroid dienone is 3. The van der Waals surface area contributed by atoms with Crippen molar-refractivity contribution in [3.8, 4) is 6.07 Å². The minimum atomic E-state index is -0.414. The summed E-state index contributed by atoms with van der Waals surface area (Å²) in [7, 11) is 0. The second-order valence-corrected chi connectivity index (χ2v) is 8.42. The van der Waals surface area contributed by atoms with Gasteiger partial charge in [-0.2, -0.15) is 5.26 Å². The number of fused-ring (bicyclic) bond motifs is 1. The molecule has 1 unspecified atom stereocenters. The van der Waals surface area contributed by atoms with Crippen LogP contribution in [0.1, 0.15) is 38.2 Å². The predicted molar refractivity (Wildman–Crippen MR) is 109 cm³/mol. The summed E-state index contributed by atoms with van der Waals surface area (Å²) in [6.45, 7) is 5.27. The predicted octanol–water partition coefficient (Wildman–Crippen LogP) is 2.42. The number of aromatic nitrogens is 2. The number of Topliss-reactive ketones (excluding diaryl/α,β-unsaturated/α-hetero) is 1. The summed E-state index contributed by atoms with van der Waals surface area (Å²) in [5.74, 6) is -0.322. The number of hydrogen-bond acceptors (Lipinski definition) is 6. The molecule has 0 spiro atoms. The fourth-order valence-electron chi connectivity index (χ4n) is 4.29. The van der Waals surface area contributed by atoms with Crippen LogP contribution in [-0.2, 0) is 9.53 Å². The first-order chi connectivity index (χ1) is 13.9. The Bertz CT molecular complexity index is 1070. The summed E-state index contributed by atoms with van der Waals surface area (Å²) in [6, 6.07) is 6.27. The van der Waals surface area contributed by atoms with E-state index in [2.05, 4.69) is 30.2 Å². The molecule has 0 amide bonds. The number of dihydropyridines is 1. The average molecular weight is 391 g/mol. The number of hydrogen-bond donors (Lipinski definition) is 2. The number of carbonyl (C=O) groups excluding carboxylic acids is 1. The molecule has 2 aromatic heterocycles. The van der Waals surface area contributed by atoms with Gasteiger partial charge in [0, 0.05) is 30.4 Å². The van der Waals surface area contributed by atoms with Crippen LogP contribution in [-0.4, -0.2) is 34.9 Å². The van der Waals surface area contributed by atoms with E-state index in [0.717, 1.165) is 23.2 Å². The maximum atomic E-state index is 13.2. The maximum Gasteiger partial charge on any atom is 0.162 e. The number of pyridine rings is 1. The molecule has 1 atom stereocenters. The van der Waals surface area contributed by atoms with Gasteiger partial charge in [-0.3, -0.25) is 4.79 Å².